The third-order valence-electron chi connectivity index (χ3n) is 3.97. The van der Waals surface area contributed by atoms with E-state index in [1.165, 1.54) is 6.42 Å². The minimum atomic E-state index is 0.00326. The van der Waals surface area contributed by atoms with Gasteiger partial charge in [0, 0.05) is 24.6 Å². The van der Waals surface area contributed by atoms with Crippen LogP contribution in [0.2, 0.25) is 0 Å². The van der Waals surface area contributed by atoms with Crippen LogP contribution in [0, 0.1) is 5.92 Å². The van der Waals surface area contributed by atoms with Gasteiger partial charge in [-0.2, -0.15) is 0 Å². The lowest BCUT2D eigenvalue weighted by Gasteiger charge is -2.29. The molecule has 2 heterocycles. The zero-order chi connectivity index (χ0) is 12.3. The predicted molar refractivity (Wildman–Crippen MR) is 66.8 cm³/mol. The Bertz CT molecular complexity index is 264. The summed E-state index contributed by atoms with van der Waals surface area (Å²) in [6.07, 6.45) is 4.35. The van der Waals surface area contributed by atoms with E-state index < -0.39 is 0 Å². The van der Waals surface area contributed by atoms with Gasteiger partial charge in [0.05, 0.1) is 12.6 Å². The summed E-state index contributed by atoms with van der Waals surface area (Å²) >= 11 is 0. The van der Waals surface area contributed by atoms with Crippen molar-refractivity contribution in [1.29, 1.82) is 0 Å². The Balaban J connectivity index is 1.79. The molecule has 0 aliphatic carbocycles. The third kappa shape index (κ3) is 3.42. The van der Waals surface area contributed by atoms with Gasteiger partial charge in [0.2, 0.25) is 5.91 Å². The number of ether oxygens (including phenoxy) is 1. The Morgan fingerprint density at radius 3 is 2.88 bits per heavy atom. The van der Waals surface area contributed by atoms with Gasteiger partial charge in [0.25, 0.3) is 0 Å². The van der Waals surface area contributed by atoms with Gasteiger partial charge in [-0.3, -0.25) is 4.79 Å². The second-order valence-corrected chi connectivity index (χ2v) is 5.47. The molecule has 0 saturated carbocycles. The number of carbonyl (C=O) groups excluding carboxylic acids is 1. The van der Waals surface area contributed by atoms with Crippen LogP contribution in [0.15, 0.2) is 0 Å². The molecule has 0 aromatic carbocycles. The van der Waals surface area contributed by atoms with E-state index in [2.05, 4.69) is 24.5 Å². The first kappa shape index (κ1) is 12.8. The maximum Gasteiger partial charge on any atom is 0.237 e. The predicted octanol–water partition coefficient (Wildman–Crippen LogP) is 1.06. The molecule has 0 bridgehead atoms. The van der Waals surface area contributed by atoms with Gasteiger partial charge >= 0.3 is 0 Å². The van der Waals surface area contributed by atoms with Crippen LogP contribution >= 0.6 is 0 Å². The van der Waals surface area contributed by atoms with Crippen LogP contribution in [0.3, 0.4) is 0 Å². The zero-order valence-electron chi connectivity index (χ0n) is 10.9. The molecular weight excluding hydrogens is 216 g/mol. The Morgan fingerprint density at radius 1 is 1.41 bits per heavy atom. The molecule has 2 aliphatic heterocycles. The summed E-state index contributed by atoms with van der Waals surface area (Å²) < 4.78 is 5.36. The molecule has 4 heteroatoms. The summed E-state index contributed by atoms with van der Waals surface area (Å²) in [6.45, 7) is 5.86. The molecule has 4 unspecified atom stereocenters. The summed E-state index contributed by atoms with van der Waals surface area (Å²) in [5, 5.41) is 6.50. The lowest BCUT2D eigenvalue weighted by molar-refractivity contribution is -0.124. The Labute approximate surface area is 103 Å². The molecule has 0 aromatic heterocycles. The first-order valence-corrected chi connectivity index (χ1v) is 6.81. The van der Waals surface area contributed by atoms with Gasteiger partial charge in [-0.05, 0) is 39.5 Å². The standard InChI is InChI=1S/C13H24N2O2/c1-9-4-3-5-12(14-9)13(16)15-10(2)11-6-7-17-8-11/h9-12,14H,3-8H2,1-2H3,(H,15,16). The molecular formula is C13H24N2O2. The second kappa shape index (κ2) is 5.83. The van der Waals surface area contributed by atoms with Gasteiger partial charge < -0.3 is 15.4 Å². The fourth-order valence-electron chi connectivity index (χ4n) is 2.73. The lowest BCUT2D eigenvalue weighted by atomic mass is 9.97. The molecule has 98 valence electrons. The summed E-state index contributed by atoms with van der Waals surface area (Å²) in [5.74, 6) is 0.649. The van der Waals surface area contributed by atoms with Crippen LogP contribution in [0.5, 0.6) is 0 Å². The molecule has 0 aromatic rings. The van der Waals surface area contributed by atoms with Crippen LogP contribution in [0.4, 0.5) is 0 Å². The molecule has 2 aliphatic rings. The van der Waals surface area contributed by atoms with Crippen LogP contribution in [0.1, 0.15) is 39.5 Å². The minimum absolute atomic E-state index is 0.00326. The highest BCUT2D eigenvalue weighted by Gasteiger charge is 2.28. The normalized spacial score (nSPS) is 35.5. The van der Waals surface area contributed by atoms with Crippen molar-refractivity contribution in [2.45, 2.75) is 57.7 Å². The summed E-state index contributed by atoms with van der Waals surface area (Å²) in [7, 11) is 0. The van der Waals surface area contributed by atoms with E-state index in [-0.39, 0.29) is 18.0 Å². The van der Waals surface area contributed by atoms with Crippen molar-refractivity contribution < 1.29 is 9.53 Å². The lowest BCUT2D eigenvalue weighted by Crippen LogP contribution is -2.52. The Morgan fingerprint density at radius 2 is 2.24 bits per heavy atom. The average molecular weight is 240 g/mol. The number of hydrogen-bond donors (Lipinski definition) is 2. The quantitative estimate of drug-likeness (QED) is 0.775. The summed E-state index contributed by atoms with van der Waals surface area (Å²) in [5.41, 5.74) is 0. The van der Waals surface area contributed by atoms with Crippen LogP contribution in [-0.2, 0) is 9.53 Å². The van der Waals surface area contributed by atoms with Crippen molar-refractivity contribution in [3.63, 3.8) is 0 Å². The molecule has 17 heavy (non-hydrogen) atoms. The van der Waals surface area contributed by atoms with E-state index in [0.29, 0.717) is 12.0 Å². The molecule has 0 spiro atoms. The highest BCUT2D eigenvalue weighted by Crippen LogP contribution is 2.17. The number of hydrogen-bond acceptors (Lipinski definition) is 3. The van der Waals surface area contributed by atoms with Crippen LogP contribution < -0.4 is 10.6 Å². The molecule has 1 amide bonds. The number of rotatable bonds is 3. The first-order valence-electron chi connectivity index (χ1n) is 6.81. The van der Waals surface area contributed by atoms with Crippen LogP contribution in [-0.4, -0.2) is 37.2 Å². The minimum Gasteiger partial charge on any atom is -0.381 e. The van der Waals surface area contributed by atoms with Crippen molar-refractivity contribution >= 4 is 5.91 Å². The van der Waals surface area contributed by atoms with E-state index in [0.717, 1.165) is 32.5 Å². The van der Waals surface area contributed by atoms with Crippen molar-refractivity contribution in [3.05, 3.63) is 0 Å². The molecule has 2 rings (SSSR count). The fraction of sp³-hybridized carbons (Fsp3) is 0.923. The van der Waals surface area contributed by atoms with E-state index in [1.807, 2.05) is 0 Å². The monoisotopic (exact) mass is 240 g/mol. The summed E-state index contributed by atoms with van der Waals surface area (Å²) in [6, 6.07) is 0.692. The topological polar surface area (TPSA) is 50.4 Å². The number of piperidine rings is 1. The first-order chi connectivity index (χ1) is 8.16. The fourth-order valence-corrected chi connectivity index (χ4v) is 2.73. The Hall–Kier alpha value is -0.610. The summed E-state index contributed by atoms with van der Waals surface area (Å²) in [4.78, 5) is 12.1. The second-order valence-electron chi connectivity index (χ2n) is 5.47. The molecule has 4 nitrogen and oxygen atoms in total. The van der Waals surface area contributed by atoms with E-state index in [1.54, 1.807) is 0 Å². The SMILES string of the molecule is CC1CCCC(C(=O)NC(C)C2CCOC2)N1. The van der Waals surface area contributed by atoms with E-state index in [9.17, 15) is 4.79 Å². The third-order valence-corrected chi connectivity index (χ3v) is 3.97. The maximum absolute atomic E-state index is 12.1. The van der Waals surface area contributed by atoms with Crippen LogP contribution in [0.25, 0.3) is 0 Å². The van der Waals surface area contributed by atoms with Crippen molar-refractivity contribution in [1.82, 2.24) is 10.6 Å². The van der Waals surface area contributed by atoms with Gasteiger partial charge in [-0.25, -0.2) is 0 Å². The van der Waals surface area contributed by atoms with Crippen molar-refractivity contribution in [2.24, 2.45) is 5.92 Å². The largest absolute Gasteiger partial charge is 0.381 e. The molecule has 2 fully saturated rings. The number of carbonyl (C=O) groups is 1. The highest BCUT2D eigenvalue weighted by molar-refractivity contribution is 5.82. The maximum atomic E-state index is 12.1. The van der Waals surface area contributed by atoms with Gasteiger partial charge in [0.1, 0.15) is 0 Å². The van der Waals surface area contributed by atoms with Gasteiger partial charge in [-0.15, -0.1) is 0 Å². The molecule has 4 atom stereocenters. The number of nitrogens with one attached hydrogen (secondary N) is 2. The van der Waals surface area contributed by atoms with Gasteiger partial charge in [0.15, 0.2) is 0 Å². The highest BCUT2D eigenvalue weighted by atomic mass is 16.5. The van der Waals surface area contributed by atoms with Gasteiger partial charge in [-0.1, -0.05) is 0 Å². The Kier molecular flexibility index (Phi) is 4.40. The van der Waals surface area contributed by atoms with E-state index >= 15 is 0 Å². The smallest absolute Gasteiger partial charge is 0.237 e. The average Bonchev–Trinajstić information content (AvgIpc) is 2.82. The molecule has 2 N–H and O–H groups in total. The number of amides is 1. The molecule has 0 radical (unpaired) electrons. The zero-order valence-corrected chi connectivity index (χ0v) is 10.9. The van der Waals surface area contributed by atoms with Crippen molar-refractivity contribution in [2.75, 3.05) is 13.2 Å². The van der Waals surface area contributed by atoms with Crippen molar-refractivity contribution in [3.8, 4) is 0 Å². The van der Waals surface area contributed by atoms with E-state index in [4.69, 9.17) is 4.74 Å². The molecule has 2 saturated heterocycles.